The molecule has 0 aliphatic carbocycles. The molecule has 1 aliphatic rings. The van der Waals surface area contributed by atoms with Gasteiger partial charge in [-0.05, 0) is 17.9 Å². The van der Waals surface area contributed by atoms with Gasteiger partial charge in [0.1, 0.15) is 0 Å². The Labute approximate surface area is 154 Å². The van der Waals surface area contributed by atoms with Crippen LogP contribution in [-0.4, -0.2) is 52.3 Å². The Morgan fingerprint density at radius 3 is 2.38 bits per heavy atom. The number of nitrogens with zero attached hydrogens (tertiary/aromatic N) is 2. The van der Waals surface area contributed by atoms with E-state index in [-0.39, 0.29) is 30.7 Å². The van der Waals surface area contributed by atoms with Gasteiger partial charge >= 0.3 is 5.97 Å². The summed E-state index contributed by atoms with van der Waals surface area (Å²) in [6, 6.07) is 9.65. The predicted molar refractivity (Wildman–Crippen MR) is 98.3 cm³/mol. The molecule has 6 nitrogen and oxygen atoms in total. The molecule has 1 atom stereocenters. The highest BCUT2D eigenvalue weighted by molar-refractivity contribution is 5.81. The predicted octanol–water partition coefficient (Wildman–Crippen LogP) is 2.38. The molecule has 0 radical (unpaired) electrons. The van der Waals surface area contributed by atoms with E-state index >= 15 is 0 Å². The standard InChI is InChI=1S/C20H28N2O4/c1-15(2)20(19(25)26)10-12-22(14-20)18(24)9-11-21(16(3)23)13-17-7-5-4-6-8-17/h4-8,15H,9-14H2,1-3H3,(H,25,26). The number of amides is 2. The van der Waals surface area contributed by atoms with E-state index in [1.807, 2.05) is 44.2 Å². The maximum absolute atomic E-state index is 12.6. The third kappa shape index (κ3) is 4.42. The summed E-state index contributed by atoms with van der Waals surface area (Å²) in [5.74, 6) is -1.04. The summed E-state index contributed by atoms with van der Waals surface area (Å²) in [5.41, 5.74) is 0.154. The maximum Gasteiger partial charge on any atom is 0.311 e. The van der Waals surface area contributed by atoms with E-state index in [2.05, 4.69) is 0 Å². The summed E-state index contributed by atoms with van der Waals surface area (Å²) in [7, 11) is 0. The first-order chi connectivity index (χ1) is 12.3. The molecule has 0 saturated carbocycles. The first kappa shape index (κ1) is 19.9. The Morgan fingerprint density at radius 2 is 1.88 bits per heavy atom. The lowest BCUT2D eigenvalue weighted by atomic mass is 9.76. The van der Waals surface area contributed by atoms with Crippen molar-refractivity contribution in [2.75, 3.05) is 19.6 Å². The number of likely N-dealkylation sites (tertiary alicyclic amines) is 1. The van der Waals surface area contributed by atoms with Gasteiger partial charge in [0.05, 0.1) is 5.41 Å². The minimum Gasteiger partial charge on any atom is -0.481 e. The zero-order chi connectivity index (χ0) is 19.3. The van der Waals surface area contributed by atoms with Crippen LogP contribution in [0.25, 0.3) is 0 Å². The number of rotatable bonds is 7. The van der Waals surface area contributed by atoms with Crippen LogP contribution in [0, 0.1) is 11.3 Å². The van der Waals surface area contributed by atoms with E-state index in [9.17, 15) is 19.5 Å². The largest absolute Gasteiger partial charge is 0.481 e. The monoisotopic (exact) mass is 360 g/mol. The highest BCUT2D eigenvalue weighted by atomic mass is 16.4. The average molecular weight is 360 g/mol. The fraction of sp³-hybridized carbons (Fsp3) is 0.550. The summed E-state index contributed by atoms with van der Waals surface area (Å²) in [6.07, 6.45) is 0.687. The average Bonchev–Trinajstić information content (AvgIpc) is 3.06. The van der Waals surface area contributed by atoms with Crippen LogP contribution in [0.1, 0.15) is 39.2 Å². The molecule has 1 saturated heterocycles. The van der Waals surface area contributed by atoms with Crippen molar-refractivity contribution in [3.05, 3.63) is 35.9 Å². The number of hydrogen-bond donors (Lipinski definition) is 1. The van der Waals surface area contributed by atoms with Crippen LogP contribution in [0.5, 0.6) is 0 Å². The summed E-state index contributed by atoms with van der Waals surface area (Å²) in [4.78, 5) is 39.4. The molecule has 26 heavy (non-hydrogen) atoms. The quantitative estimate of drug-likeness (QED) is 0.810. The Balaban J connectivity index is 1.94. The molecule has 1 aromatic carbocycles. The van der Waals surface area contributed by atoms with E-state index in [0.29, 0.717) is 26.1 Å². The van der Waals surface area contributed by atoms with Crippen LogP contribution in [-0.2, 0) is 20.9 Å². The molecule has 2 rings (SSSR count). The number of carbonyl (C=O) groups is 3. The second kappa shape index (κ2) is 8.34. The third-order valence-corrected chi connectivity index (χ3v) is 5.44. The molecular weight excluding hydrogens is 332 g/mol. The van der Waals surface area contributed by atoms with Gasteiger partial charge in [-0.25, -0.2) is 0 Å². The van der Waals surface area contributed by atoms with Crippen LogP contribution in [0.4, 0.5) is 0 Å². The van der Waals surface area contributed by atoms with E-state index in [4.69, 9.17) is 0 Å². The summed E-state index contributed by atoms with van der Waals surface area (Å²) >= 11 is 0. The van der Waals surface area contributed by atoms with Crippen molar-refractivity contribution in [3.8, 4) is 0 Å². The van der Waals surface area contributed by atoms with Gasteiger partial charge in [-0.2, -0.15) is 0 Å². The second-order valence-electron chi connectivity index (χ2n) is 7.36. The van der Waals surface area contributed by atoms with E-state index in [1.54, 1.807) is 9.80 Å². The van der Waals surface area contributed by atoms with Crippen molar-refractivity contribution in [2.45, 2.75) is 40.2 Å². The fourth-order valence-electron chi connectivity index (χ4n) is 3.48. The normalized spacial score (nSPS) is 19.6. The number of hydrogen-bond acceptors (Lipinski definition) is 3. The molecule has 1 fully saturated rings. The van der Waals surface area contributed by atoms with E-state index in [0.717, 1.165) is 5.56 Å². The molecule has 0 bridgehead atoms. The molecular formula is C20H28N2O4. The SMILES string of the molecule is CC(=O)N(CCC(=O)N1CCC(C(=O)O)(C(C)C)C1)Cc1ccccc1. The maximum atomic E-state index is 12.6. The Hall–Kier alpha value is -2.37. The molecule has 1 aliphatic heterocycles. The van der Waals surface area contributed by atoms with Gasteiger partial charge in [0, 0.05) is 39.5 Å². The van der Waals surface area contributed by atoms with Gasteiger partial charge in [0.25, 0.3) is 0 Å². The van der Waals surface area contributed by atoms with Crippen LogP contribution in [0.2, 0.25) is 0 Å². The molecule has 1 unspecified atom stereocenters. The topological polar surface area (TPSA) is 77.9 Å². The Bertz CT molecular complexity index is 659. The first-order valence-corrected chi connectivity index (χ1v) is 9.07. The van der Waals surface area contributed by atoms with Crippen molar-refractivity contribution in [3.63, 3.8) is 0 Å². The highest BCUT2D eigenvalue weighted by Crippen LogP contribution is 2.38. The van der Waals surface area contributed by atoms with E-state index in [1.165, 1.54) is 6.92 Å². The smallest absolute Gasteiger partial charge is 0.311 e. The van der Waals surface area contributed by atoms with Crippen molar-refractivity contribution < 1.29 is 19.5 Å². The molecule has 1 heterocycles. The van der Waals surface area contributed by atoms with Crippen LogP contribution >= 0.6 is 0 Å². The zero-order valence-corrected chi connectivity index (χ0v) is 15.8. The van der Waals surface area contributed by atoms with Crippen molar-refractivity contribution in [1.29, 1.82) is 0 Å². The molecule has 142 valence electrons. The molecule has 1 N–H and O–H groups in total. The molecule has 0 spiro atoms. The number of benzene rings is 1. The van der Waals surface area contributed by atoms with Gasteiger partial charge in [-0.3, -0.25) is 14.4 Å². The fourth-order valence-corrected chi connectivity index (χ4v) is 3.48. The summed E-state index contributed by atoms with van der Waals surface area (Å²) < 4.78 is 0. The van der Waals surface area contributed by atoms with Crippen LogP contribution < -0.4 is 0 Å². The second-order valence-corrected chi connectivity index (χ2v) is 7.36. The lowest BCUT2D eigenvalue weighted by Gasteiger charge is -2.29. The minimum absolute atomic E-state index is 0.0374. The molecule has 2 amide bonds. The Kier molecular flexibility index (Phi) is 6.40. The van der Waals surface area contributed by atoms with Crippen molar-refractivity contribution in [2.24, 2.45) is 11.3 Å². The van der Waals surface area contributed by atoms with Crippen LogP contribution in [0.3, 0.4) is 0 Å². The number of carboxylic acid groups (broad SMARTS) is 1. The van der Waals surface area contributed by atoms with Gasteiger partial charge in [-0.1, -0.05) is 44.2 Å². The van der Waals surface area contributed by atoms with Crippen LogP contribution in [0.15, 0.2) is 30.3 Å². The minimum atomic E-state index is -0.861. The highest BCUT2D eigenvalue weighted by Gasteiger charge is 2.48. The zero-order valence-electron chi connectivity index (χ0n) is 15.8. The van der Waals surface area contributed by atoms with Gasteiger partial charge in [0.2, 0.25) is 11.8 Å². The molecule has 0 aromatic heterocycles. The van der Waals surface area contributed by atoms with E-state index < -0.39 is 11.4 Å². The van der Waals surface area contributed by atoms with Gasteiger partial charge in [-0.15, -0.1) is 0 Å². The third-order valence-electron chi connectivity index (χ3n) is 5.44. The van der Waals surface area contributed by atoms with Gasteiger partial charge in [0.15, 0.2) is 0 Å². The van der Waals surface area contributed by atoms with Crippen molar-refractivity contribution >= 4 is 17.8 Å². The summed E-state index contributed by atoms with van der Waals surface area (Å²) in [5, 5.41) is 9.60. The Morgan fingerprint density at radius 1 is 1.23 bits per heavy atom. The number of carbonyl (C=O) groups excluding carboxylic acids is 2. The van der Waals surface area contributed by atoms with Crippen molar-refractivity contribution in [1.82, 2.24) is 9.80 Å². The lowest BCUT2D eigenvalue weighted by Crippen LogP contribution is -2.41. The lowest BCUT2D eigenvalue weighted by molar-refractivity contribution is -0.151. The molecule has 1 aromatic rings. The number of carboxylic acids is 1. The number of aliphatic carboxylic acids is 1. The molecule has 6 heteroatoms. The summed E-state index contributed by atoms with van der Waals surface area (Å²) in [6.45, 7) is 6.78. The first-order valence-electron chi connectivity index (χ1n) is 9.07. The van der Waals surface area contributed by atoms with Gasteiger partial charge < -0.3 is 14.9 Å².